The lowest BCUT2D eigenvalue weighted by molar-refractivity contribution is -0.163. The smallest absolute Gasteiger partial charge is 0.313 e. The van der Waals surface area contributed by atoms with Crippen LogP contribution < -0.4 is 15.1 Å². The maximum atomic E-state index is 15.2. The van der Waals surface area contributed by atoms with Gasteiger partial charge in [0.25, 0.3) is 5.91 Å². The molecule has 2 N–H and O–H groups in total. The number of aliphatic hydroxyl groups is 1. The molecule has 9 atom stereocenters. The van der Waals surface area contributed by atoms with Crippen molar-refractivity contribution in [1.82, 2.24) is 10.2 Å². The third-order valence-electron chi connectivity index (χ3n) is 12.0. The standard InChI is InChI=1S/C44H60N4O8/c1-8-13-19-36(50)45-33(28-54-7)39(30-17-15-14-16-18-30)55-43(53)37-35-24-25-44(56-35)38(37)41(51)48(34(27-49)29(6)10-3)40(44)42(52)47(26-9-2)32-22-20-31(21-23-32)46(11-4)12-5/h8-9,14-18,20-23,29,33-35,37-40,49H,1-2,10-13,19,24-28H2,3-7H3,(H,45,50)/t29-,33-,34-,35+,37-,38-,39-,40+,44-/m0/s1. The molecule has 12 heteroatoms. The molecule has 3 saturated heterocycles. The molecule has 5 rings (SSSR count). The Labute approximate surface area is 331 Å². The molecule has 0 aromatic heterocycles. The van der Waals surface area contributed by atoms with E-state index in [0.29, 0.717) is 36.9 Å². The van der Waals surface area contributed by atoms with Crippen LogP contribution in [0.3, 0.4) is 0 Å². The Hall–Kier alpha value is -4.52. The molecule has 0 saturated carbocycles. The number of benzene rings is 2. The van der Waals surface area contributed by atoms with Crippen LogP contribution in [0, 0.1) is 17.8 Å². The minimum atomic E-state index is -1.34. The first-order chi connectivity index (χ1) is 27.0. The molecule has 2 aromatic carbocycles. The number of nitrogens with zero attached hydrogens (tertiary/aromatic N) is 3. The summed E-state index contributed by atoms with van der Waals surface area (Å²) in [6.07, 6.45) is 3.80. The lowest BCUT2D eigenvalue weighted by Crippen LogP contribution is -2.60. The van der Waals surface area contributed by atoms with Crippen molar-refractivity contribution < 1.29 is 38.5 Å². The molecular weight excluding hydrogens is 713 g/mol. The Bertz CT molecular complexity index is 1680. The summed E-state index contributed by atoms with van der Waals surface area (Å²) >= 11 is 0. The van der Waals surface area contributed by atoms with Gasteiger partial charge < -0.3 is 39.3 Å². The second-order valence-corrected chi connectivity index (χ2v) is 15.1. The van der Waals surface area contributed by atoms with E-state index in [0.717, 1.165) is 18.8 Å². The van der Waals surface area contributed by atoms with Crippen molar-refractivity contribution in [2.45, 2.75) is 95.7 Å². The number of hydrogen-bond acceptors (Lipinski definition) is 9. The van der Waals surface area contributed by atoms with Crippen LogP contribution in [0.25, 0.3) is 0 Å². The van der Waals surface area contributed by atoms with E-state index in [1.165, 1.54) is 12.0 Å². The normalized spacial score (nSPS) is 24.5. The Morgan fingerprint density at radius 2 is 1.73 bits per heavy atom. The van der Waals surface area contributed by atoms with E-state index in [9.17, 15) is 14.7 Å². The van der Waals surface area contributed by atoms with E-state index in [2.05, 4.69) is 37.2 Å². The molecule has 2 aromatic rings. The fraction of sp³-hybridized carbons (Fsp3) is 0.545. The lowest BCUT2D eigenvalue weighted by atomic mass is 9.70. The van der Waals surface area contributed by atoms with Gasteiger partial charge in [-0.25, -0.2) is 0 Å². The highest BCUT2D eigenvalue weighted by Crippen LogP contribution is 2.60. The van der Waals surface area contributed by atoms with E-state index >= 15 is 9.59 Å². The number of fused-ring (bicyclic) bond motifs is 1. The fourth-order valence-electron chi connectivity index (χ4n) is 8.97. The first kappa shape index (κ1) is 42.6. The van der Waals surface area contributed by atoms with E-state index in [1.54, 1.807) is 17.1 Å². The number of hydrogen-bond donors (Lipinski definition) is 2. The number of carbonyl (C=O) groups excluding carboxylic acids is 4. The van der Waals surface area contributed by atoms with Crippen molar-refractivity contribution in [3.05, 3.63) is 85.5 Å². The van der Waals surface area contributed by atoms with Crippen molar-refractivity contribution in [2.75, 3.05) is 49.8 Å². The second-order valence-electron chi connectivity index (χ2n) is 15.1. The molecule has 0 unspecified atom stereocenters. The molecule has 1 spiro atoms. The first-order valence-electron chi connectivity index (χ1n) is 20.1. The summed E-state index contributed by atoms with van der Waals surface area (Å²) in [4.78, 5) is 63.2. The van der Waals surface area contributed by atoms with Gasteiger partial charge in [0, 0.05) is 44.5 Å². The molecule has 56 heavy (non-hydrogen) atoms. The van der Waals surface area contributed by atoms with Crippen molar-refractivity contribution >= 4 is 35.1 Å². The van der Waals surface area contributed by atoms with E-state index in [-0.39, 0.29) is 43.9 Å². The van der Waals surface area contributed by atoms with Crippen LogP contribution in [0.4, 0.5) is 11.4 Å². The maximum Gasteiger partial charge on any atom is 0.313 e. The summed E-state index contributed by atoms with van der Waals surface area (Å²) < 4.78 is 18.7. The number of esters is 1. The predicted octanol–water partition coefficient (Wildman–Crippen LogP) is 5.22. The number of likely N-dealkylation sites (tertiary alicyclic amines) is 1. The maximum absolute atomic E-state index is 15.2. The predicted molar refractivity (Wildman–Crippen MR) is 216 cm³/mol. The van der Waals surface area contributed by atoms with Crippen LogP contribution in [0.15, 0.2) is 79.9 Å². The average molecular weight is 773 g/mol. The zero-order valence-corrected chi connectivity index (χ0v) is 33.6. The number of allylic oxidation sites excluding steroid dienone is 1. The third-order valence-corrected chi connectivity index (χ3v) is 12.0. The van der Waals surface area contributed by atoms with E-state index in [4.69, 9.17) is 14.2 Å². The topological polar surface area (TPSA) is 138 Å². The monoisotopic (exact) mass is 772 g/mol. The van der Waals surface area contributed by atoms with Crippen LogP contribution in [0.5, 0.6) is 0 Å². The van der Waals surface area contributed by atoms with Crippen molar-refractivity contribution in [2.24, 2.45) is 17.8 Å². The largest absolute Gasteiger partial charge is 0.455 e. The van der Waals surface area contributed by atoms with Crippen LogP contribution in [-0.4, -0.2) is 103 Å². The van der Waals surface area contributed by atoms with E-state index < -0.39 is 59.6 Å². The first-order valence-corrected chi connectivity index (χ1v) is 20.1. The fourth-order valence-corrected chi connectivity index (χ4v) is 8.97. The minimum absolute atomic E-state index is 0.0516. The number of rotatable bonds is 21. The molecule has 3 heterocycles. The van der Waals surface area contributed by atoms with E-state index in [1.807, 2.05) is 68.4 Å². The summed E-state index contributed by atoms with van der Waals surface area (Å²) in [6.45, 7) is 17.3. The van der Waals surface area contributed by atoms with Gasteiger partial charge in [-0.05, 0) is 68.9 Å². The number of ether oxygens (including phenoxy) is 3. The van der Waals surface area contributed by atoms with Gasteiger partial charge in [0.15, 0.2) is 0 Å². The Morgan fingerprint density at radius 1 is 1.05 bits per heavy atom. The summed E-state index contributed by atoms with van der Waals surface area (Å²) in [5.74, 6) is -3.91. The number of carbonyl (C=O) groups is 4. The summed E-state index contributed by atoms with van der Waals surface area (Å²) in [7, 11) is 1.51. The van der Waals surface area contributed by atoms with Gasteiger partial charge in [-0.15, -0.1) is 13.2 Å². The van der Waals surface area contributed by atoms with Gasteiger partial charge >= 0.3 is 5.97 Å². The highest BCUT2D eigenvalue weighted by atomic mass is 16.6. The van der Waals surface area contributed by atoms with Crippen LogP contribution in [0.1, 0.15) is 71.5 Å². The van der Waals surface area contributed by atoms with Crippen molar-refractivity contribution in [1.29, 1.82) is 0 Å². The number of aliphatic hydroxyl groups excluding tert-OH is 1. The number of anilines is 2. The average Bonchev–Trinajstić information content (AvgIpc) is 3.86. The molecule has 3 aliphatic rings. The lowest BCUT2D eigenvalue weighted by Gasteiger charge is -2.41. The third kappa shape index (κ3) is 8.28. The SMILES string of the molecule is C=CCCC(=O)N[C@@H](COC)[C@@H](OC(=O)[C@@H]1[C@H]2C(=O)N([C@@H](CO)[C@@H](C)CC)[C@H](C(=O)N(CC=C)c3ccc(N(CC)CC)cc3)[C@]23CC[C@H]1O3)c1ccccc1. The Kier molecular flexibility index (Phi) is 14.5. The van der Waals surface area contributed by atoms with Gasteiger partial charge in [0.2, 0.25) is 11.8 Å². The molecule has 0 radical (unpaired) electrons. The molecule has 12 nitrogen and oxygen atoms in total. The Balaban J connectivity index is 1.54. The molecule has 304 valence electrons. The molecule has 2 bridgehead atoms. The molecule has 3 amide bonds. The van der Waals surface area contributed by atoms with Crippen molar-refractivity contribution in [3.63, 3.8) is 0 Å². The zero-order valence-electron chi connectivity index (χ0n) is 33.6. The summed E-state index contributed by atoms with van der Waals surface area (Å²) in [5.41, 5.74) is 0.963. The quantitative estimate of drug-likeness (QED) is 0.129. The van der Waals surface area contributed by atoms with Gasteiger partial charge in [-0.2, -0.15) is 0 Å². The van der Waals surface area contributed by atoms with Crippen LogP contribution in [0.2, 0.25) is 0 Å². The summed E-state index contributed by atoms with van der Waals surface area (Å²) in [5, 5.41) is 13.8. The van der Waals surface area contributed by atoms with Crippen LogP contribution in [-0.2, 0) is 33.4 Å². The van der Waals surface area contributed by atoms with Gasteiger partial charge in [0.05, 0.1) is 43.2 Å². The summed E-state index contributed by atoms with van der Waals surface area (Å²) in [6, 6.07) is 14.3. The van der Waals surface area contributed by atoms with Crippen LogP contribution >= 0.6 is 0 Å². The number of amides is 3. The van der Waals surface area contributed by atoms with Gasteiger partial charge in [-0.3, -0.25) is 19.2 Å². The zero-order chi connectivity index (χ0) is 40.6. The molecule has 0 aliphatic carbocycles. The molecule has 3 aliphatic heterocycles. The highest BCUT2D eigenvalue weighted by Gasteiger charge is 2.76. The molecular formula is C44H60N4O8. The number of methoxy groups -OCH3 is 1. The minimum Gasteiger partial charge on any atom is -0.455 e. The van der Waals surface area contributed by atoms with Gasteiger partial charge in [-0.1, -0.05) is 62.8 Å². The van der Waals surface area contributed by atoms with Crippen molar-refractivity contribution in [3.8, 4) is 0 Å². The number of nitrogens with one attached hydrogen (secondary N) is 1. The second kappa shape index (κ2) is 19.1. The Morgan fingerprint density at radius 3 is 2.32 bits per heavy atom. The highest BCUT2D eigenvalue weighted by molar-refractivity contribution is 6.05. The van der Waals surface area contributed by atoms with Gasteiger partial charge in [0.1, 0.15) is 17.7 Å². The molecule has 3 fully saturated rings.